The summed E-state index contributed by atoms with van der Waals surface area (Å²) in [4.78, 5) is 1.04. The molecule has 0 aliphatic carbocycles. The summed E-state index contributed by atoms with van der Waals surface area (Å²) in [6, 6.07) is 8.48. The number of hydrogen-bond acceptors (Lipinski definition) is 2. The molecule has 19 heavy (non-hydrogen) atoms. The van der Waals surface area contributed by atoms with Crippen LogP contribution in [0, 0.1) is 6.92 Å². The maximum Gasteiger partial charge on any atom is 0.387 e. The third kappa shape index (κ3) is 3.46. The van der Waals surface area contributed by atoms with Crippen molar-refractivity contribution in [3.63, 3.8) is 0 Å². The van der Waals surface area contributed by atoms with Crippen LogP contribution in [0.1, 0.15) is 21.4 Å². The van der Waals surface area contributed by atoms with E-state index in [0.29, 0.717) is 5.56 Å². The summed E-state index contributed by atoms with van der Waals surface area (Å²) >= 11 is 11.3. The van der Waals surface area contributed by atoms with Gasteiger partial charge in [-0.2, -0.15) is 8.78 Å². The van der Waals surface area contributed by atoms with Gasteiger partial charge in [-0.05, 0) is 40.5 Å². The van der Waals surface area contributed by atoms with Gasteiger partial charge in [0.1, 0.15) is 5.75 Å². The van der Waals surface area contributed by atoms with Crippen LogP contribution in [0.4, 0.5) is 8.78 Å². The first-order chi connectivity index (χ1) is 8.99. The highest BCUT2D eigenvalue weighted by Gasteiger charge is 2.20. The predicted octanol–water partition coefficient (Wildman–Crippen LogP) is 5.75. The molecule has 0 saturated carbocycles. The Hall–Kier alpha value is -0.650. The fourth-order valence-electron chi connectivity index (χ4n) is 1.77. The van der Waals surface area contributed by atoms with Crippen LogP contribution in [-0.2, 0) is 0 Å². The van der Waals surface area contributed by atoms with Crippen LogP contribution >= 0.6 is 38.9 Å². The van der Waals surface area contributed by atoms with Gasteiger partial charge < -0.3 is 4.74 Å². The molecule has 1 aromatic heterocycles. The molecule has 0 aliphatic rings. The molecule has 0 radical (unpaired) electrons. The van der Waals surface area contributed by atoms with E-state index in [4.69, 9.17) is 11.6 Å². The predicted molar refractivity (Wildman–Crippen MR) is 77.5 cm³/mol. The van der Waals surface area contributed by atoms with Gasteiger partial charge >= 0.3 is 6.61 Å². The lowest BCUT2D eigenvalue weighted by Gasteiger charge is -2.15. The summed E-state index contributed by atoms with van der Waals surface area (Å²) in [5, 5.41) is -0.516. The lowest BCUT2D eigenvalue weighted by atomic mass is 10.0. The summed E-state index contributed by atoms with van der Waals surface area (Å²) in [6.45, 7) is -0.920. The first-order valence-electron chi connectivity index (χ1n) is 5.42. The quantitative estimate of drug-likeness (QED) is 0.625. The fraction of sp³-hybridized carbons (Fsp3) is 0.231. The first kappa shape index (κ1) is 14.8. The van der Waals surface area contributed by atoms with Crippen molar-refractivity contribution >= 4 is 38.9 Å². The smallest absolute Gasteiger partial charge is 0.387 e. The Morgan fingerprint density at radius 2 is 1.95 bits per heavy atom. The monoisotopic (exact) mass is 366 g/mol. The highest BCUT2D eigenvalue weighted by molar-refractivity contribution is 9.11. The number of para-hydroxylation sites is 1. The van der Waals surface area contributed by atoms with E-state index in [1.54, 1.807) is 29.5 Å². The van der Waals surface area contributed by atoms with Crippen molar-refractivity contribution < 1.29 is 13.5 Å². The van der Waals surface area contributed by atoms with Crippen molar-refractivity contribution in [2.45, 2.75) is 18.9 Å². The summed E-state index contributed by atoms with van der Waals surface area (Å²) in [5.41, 5.74) is 1.43. The second-order valence-corrected chi connectivity index (χ2v) is 6.91. The SMILES string of the molecule is Cc1sc(Br)cc1C(Cl)c1ccccc1OC(F)F. The van der Waals surface area contributed by atoms with Crippen LogP contribution in [0.2, 0.25) is 0 Å². The summed E-state index contributed by atoms with van der Waals surface area (Å²) < 4.78 is 30.2. The molecule has 1 unspecified atom stereocenters. The van der Waals surface area contributed by atoms with Gasteiger partial charge in [-0.1, -0.05) is 18.2 Å². The topological polar surface area (TPSA) is 9.23 Å². The van der Waals surface area contributed by atoms with Gasteiger partial charge in [-0.25, -0.2) is 0 Å². The van der Waals surface area contributed by atoms with E-state index >= 15 is 0 Å². The molecular weight excluding hydrogens is 358 g/mol. The number of rotatable bonds is 4. The molecule has 1 atom stereocenters. The molecule has 1 heterocycles. The molecule has 0 N–H and O–H groups in total. The Morgan fingerprint density at radius 1 is 1.26 bits per heavy atom. The van der Waals surface area contributed by atoms with Gasteiger partial charge in [-0.3, -0.25) is 0 Å². The first-order valence-corrected chi connectivity index (χ1v) is 7.47. The zero-order chi connectivity index (χ0) is 14.0. The van der Waals surface area contributed by atoms with E-state index in [1.165, 1.54) is 6.07 Å². The Labute approximate surface area is 127 Å². The molecule has 2 rings (SSSR count). The number of alkyl halides is 3. The molecule has 0 saturated heterocycles. The van der Waals surface area contributed by atoms with Crippen LogP contribution in [0.3, 0.4) is 0 Å². The van der Waals surface area contributed by atoms with E-state index < -0.39 is 12.0 Å². The van der Waals surface area contributed by atoms with E-state index in [-0.39, 0.29) is 5.75 Å². The summed E-state index contributed by atoms with van der Waals surface area (Å²) in [6.07, 6.45) is 0. The second-order valence-electron chi connectivity index (χ2n) is 3.84. The van der Waals surface area contributed by atoms with Crippen molar-refractivity contribution in [1.82, 2.24) is 0 Å². The Kier molecular flexibility index (Phi) is 4.81. The number of ether oxygens (including phenoxy) is 1. The Balaban J connectivity index is 2.38. The number of thiophene rings is 1. The molecule has 0 fully saturated rings. The number of hydrogen-bond donors (Lipinski definition) is 0. The molecule has 1 aromatic carbocycles. The minimum atomic E-state index is -2.86. The van der Waals surface area contributed by atoms with E-state index in [2.05, 4.69) is 20.7 Å². The van der Waals surface area contributed by atoms with Gasteiger partial charge in [0, 0.05) is 10.4 Å². The van der Waals surface area contributed by atoms with Crippen molar-refractivity contribution in [3.05, 3.63) is 50.1 Å². The van der Waals surface area contributed by atoms with Crippen molar-refractivity contribution in [2.75, 3.05) is 0 Å². The second kappa shape index (κ2) is 6.20. The van der Waals surface area contributed by atoms with Crippen LogP contribution in [0.5, 0.6) is 5.75 Å². The zero-order valence-electron chi connectivity index (χ0n) is 9.87. The van der Waals surface area contributed by atoms with Gasteiger partial charge in [0.2, 0.25) is 0 Å². The van der Waals surface area contributed by atoms with Gasteiger partial charge in [0.05, 0.1) is 9.16 Å². The van der Waals surface area contributed by atoms with E-state index in [9.17, 15) is 8.78 Å². The summed E-state index contributed by atoms with van der Waals surface area (Å²) in [7, 11) is 0. The molecule has 0 aliphatic heterocycles. The average molecular weight is 368 g/mol. The largest absolute Gasteiger partial charge is 0.434 e. The van der Waals surface area contributed by atoms with Gasteiger partial charge in [0.25, 0.3) is 0 Å². The number of benzene rings is 1. The Bertz CT molecular complexity index is 574. The third-order valence-electron chi connectivity index (χ3n) is 2.61. The van der Waals surface area contributed by atoms with Crippen molar-refractivity contribution in [3.8, 4) is 5.75 Å². The highest BCUT2D eigenvalue weighted by atomic mass is 79.9. The maximum absolute atomic E-state index is 12.4. The van der Waals surface area contributed by atoms with E-state index in [1.807, 2.05) is 13.0 Å². The van der Waals surface area contributed by atoms with Crippen molar-refractivity contribution in [2.24, 2.45) is 0 Å². The van der Waals surface area contributed by atoms with Crippen LogP contribution in [-0.4, -0.2) is 6.61 Å². The minimum absolute atomic E-state index is 0.110. The lowest BCUT2D eigenvalue weighted by Crippen LogP contribution is -2.05. The summed E-state index contributed by atoms with van der Waals surface area (Å²) in [5.74, 6) is 0.110. The number of halogens is 4. The molecule has 1 nitrogen and oxygen atoms in total. The van der Waals surface area contributed by atoms with Gasteiger partial charge in [0.15, 0.2) is 0 Å². The molecule has 0 spiro atoms. The molecule has 0 amide bonds. The molecular formula is C13H10BrClF2OS. The normalized spacial score (nSPS) is 12.7. The maximum atomic E-state index is 12.4. The minimum Gasteiger partial charge on any atom is -0.434 e. The Morgan fingerprint density at radius 3 is 2.53 bits per heavy atom. The van der Waals surface area contributed by atoms with E-state index in [0.717, 1.165) is 14.2 Å². The number of aryl methyl sites for hydroxylation is 1. The fourth-order valence-corrected chi connectivity index (χ4v) is 3.99. The molecule has 6 heteroatoms. The molecule has 0 bridgehead atoms. The van der Waals surface area contributed by atoms with Crippen LogP contribution in [0.15, 0.2) is 34.1 Å². The van der Waals surface area contributed by atoms with Crippen LogP contribution < -0.4 is 4.74 Å². The average Bonchev–Trinajstić information content (AvgIpc) is 2.67. The van der Waals surface area contributed by atoms with Crippen molar-refractivity contribution in [1.29, 1.82) is 0 Å². The highest BCUT2D eigenvalue weighted by Crippen LogP contribution is 2.40. The zero-order valence-corrected chi connectivity index (χ0v) is 13.0. The molecule has 102 valence electrons. The standard InChI is InChI=1S/C13H10BrClF2OS/c1-7-9(6-11(14)19-7)12(15)8-4-2-3-5-10(8)18-13(16)17/h2-6,12-13H,1H3. The van der Waals surface area contributed by atoms with Crippen LogP contribution in [0.25, 0.3) is 0 Å². The molecule has 2 aromatic rings. The van der Waals surface area contributed by atoms with Gasteiger partial charge in [-0.15, -0.1) is 22.9 Å². The third-order valence-corrected chi connectivity index (χ3v) is 4.65. The lowest BCUT2D eigenvalue weighted by molar-refractivity contribution is -0.0504.